The Hall–Kier alpha value is -2.59. The van der Waals surface area contributed by atoms with Crippen LogP contribution in [0.25, 0.3) is 0 Å². The Morgan fingerprint density at radius 3 is 2.65 bits per heavy atom. The van der Waals surface area contributed by atoms with Gasteiger partial charge in [-0.05, 0) is 25.1 Å². The third-order valence-electron chi connectivity index (χ3n) is 3.40. The lowest BCUT2D eigenvalue weighted by molar-refractivity contribution is 0.103. The lowest BCUT2D eigenvalue weighted by atomic mass is 10.0. The van der Waals surface area contributed by atoms with Crippen molar-refractivity contribution in [3.63, 3.8) is 0 Å². The highest BCUT2D eigenvalue weighted by Crippen LogP contribution is 2.24. The van der Waals surface area contributed by atoms with Crippen molar-refractivity contribution in [3.05, 3.63) is 82.2 Å². The van der Waals surface area contributed by atoms with Gasteiger partial charge in [0.15, 0.2) is 5.78 Å². The lowest BCUT2D eigenvalue weighted by Gasteiger charge is -2.11. The summed E-state index contributed by atoms with van der Waals surface area (Å²) in [5, 5.41) is 7.67. The number of carbonyl (C=O) groups is 1. The van der Waals surface area contributed by atoms with Crippen LogP contribution in [0.15, 0.2) is 59.1 Å². The fourth-order valence-electron chi connectivity index (χ4n) is 2.29. The van der Waals surface area contributed by atoms with Crippen LogP contribution in [-0.4, -0.2) is 10.9 Å². The van der Waals surface area contributed by atoms with E-state index in [0.717, 1.165) is 11.5 Å². The number of benzene rings is 2. The van der Waals surface area contributed by atoms with Gasteiger partial charge in [0.05, 0.1) is 6.54 Å². The van der Waals surface area contributed by atoms with Crippen molar-refractivity contribution in [1.82, 2.24) is 5.16 Å². The molecular formula is C18H15ClN2O2. The van der Waals surface area contributed by atoms with Gasteiger partial charge < -0.3 is 9.84 Å². The topological polar surface area (TPSA) is 55.1 Å². The smallest absolute Gasteiger partial charge is 0.195 e. The summed E-state index contributed by atoms with van der Waals surface area (Å²) >= 11 is 6.06. The summed E-state index contributed by atoms with van der Waals surface area (Å²) in [5.41, 5.74) is 2.64. The molecule has 1 N–H and O–H groups in total. The van der Waals surface area contributed by atoms with Gasteiger partial charge in [-0.25, -0.2) is 0 Å². The Balaban J connectivity index is 1.87. The number of nitrogens with one attached hydrogen (secondary N) is 1. The molecule has 4 nitrogen and oxygen atoms in total. The molecule has 0 saturated heterocycles. The van der Waals surface area contributed by atoms with Crippen LogP contribution in [0.2, 0.25) is 5.02 Å². The van der Waals surface area contributed by atoms with Crippen molar-refractivity contribution in [3.8, 4) is 0 Å². The summed E-state index contributed by atoms with van der Waals surface area (Å²) in [6, 6.07) is 16.2. The fraction of sp³-hybridized carbons (Fsp3) is 0.111. The maximum Gasteiger partial charge on any atom is 0.195 e. The Morgan fingerprint density at radius 1 is 1.17 bits per heavy atom. The van der Waals surface area contributed by atoms with E-state index in [1.54, 1.807) is 30.3 Å². The SMILES string of the molecule is Cc1cc(CNc2ccc(Cl)cc2C(=O)c2ccccc2)no1. The molecule has 0 fully saturated rings. The van der Waals surface area contributed by atoms with Gasteiger partial charge in [0.2, 0.25) is 0 Å². The normalized spacial score (nSPS) is 10.5. The average molecular weight is 327 g/mol. The van der Waals surface area contributed by atoms with Gasteiger partial charge >= 0.3 is 0 Å². The maximum absolute atomic E-state index is 12.7. The molecule has 0 amide bonds. The number of anilines is 1. The second-order valence-corrected chi connectivity index (χ2v) is 5.60. The van der Waals surface area contributed by atoms with Crippen LogP contribution in [0.1, 0.15) is 27.4 Å². The molecule has 2 aromatic carbocycles. The fourth-order valence-corrected chi connectivity index (χ4v) is 2.46. The minimum Gasteiger partial charge on any atom is -0.379 e. The number of nitrogens with zero attached hydrogens (tertiary/aromatic N) is 1. The van der Waals surface area contributed by atoms with Crippen LogP contribution in [0.5, 0.6) is 0 Å². The summed E-state index contributed by atoms with van der Waals surface area (Å²) < 4.78 is 5.04. The molecule has 3 rings (SSSR count). The van der Waals surface area contributed by atoms with Gasteiger partial charge in [0, 0.05) is 27.9 Å². The minimum atomic E-state index is -0.0769. The van der Waals surface area contributed by atoms with Crippen LogP contribution in [0.4, 0.5) is 5.69 Å². The minimum absolute atomic E-state index is 0.0769. The molecular weight excluding hydrogens is 312 g/mol. The third kappa shape index (κ3) is 3.60. The summed E-state index contributed by atoms with van der Waals surface area (Å²) in [5.74, 6) is 0.672. The van der Waals surface area contributed by atoms with Crippen molar-refractivity contribution in [2.24, 2.45) is 0 Å². The monoisotopic (exact) mass is 326 g/mol. The second kappa shape index (κ2) is 6.67. The Kier molecular flexibility index (Phi) is 4.44. The molecule has 23 heavy (non-hydrogen) atoms. The van der Waals surface area contributed by atoms with Crippen LogP contribution in [-0.2, 0) is 6.54 Å². The maximum atomic E-state index is 12.7. The highest BCUT2D eigenvalue weighted by Gasteiger charge is 2.14. The standard InChI is InChI=1S/C18H15ClN2O2/c1-12-9-15(21-23-12)11-20-17-8-7-14(19)10-16(17)18(22)13-5-3-2-4-6-13/h2-10,20H,11H2,1H3. The quantitative estimate of drug-likeness (QED) is 0.702. The number of halogens is 1. The molecule has 1 aromatic heterocycles. The largest absolute Gasteiger partial charge is 0.379 e. The van der Waals surface area contributed by atoms with E-state index < -0.39 is 0 Å². The first-order valence-electron chi connectivity index (χ1n) is 7.19. The van der Waals surface area contributed by atoms with Crippen molar-refractivity contribution < 1.29 is 9.32 Å². The number of hydrogen-bond donors (Lipinski definition) is 1. The Morgan fingerprint density at radius 2 is 1.96 bits per heavy atom. The van der Waals surface area contributed by atoms with E-state index in [1.807, 2.05) is 31.2 Å². The van der Waals surface area contributed by atoms with Crippen LogP contribution in [0.3, 0.4) is 0 Å². The third-order valence-corrected chi connectivity index (χ3v) is 3.63. The van der Waals surface area contributed by atoms with Crippen LogP contribution in [0, 0.1) is 6.92 Å². The van der Waals surface area contributed by atoms with E-state index >= 15 is 0 Å². The van der Waals surface area contributed by atoms with Gasteiger partial charge in [-0.3, -0.25) is 4.79 Å². The molecule has 0 spiro atoms. The van der Waals surface area contributed by atoms with Gasteiger partial charge in [-0.15, -0.1) is 0 Å². The Labute approximate surface area is 139 Å². The molecule has 0 aliphatic heterocycles. The first-order chi connectivity index (χ1) is 11.1. The lowest BCUT2D eigenvalue weighted by Crippen LogP contribution is -2.08. The molecule has 0 atom stereocenters. The summed E-state index contributed by atoms with van der Waals surface area (Å²) in [4.78, 5) is 12.7. The van der Waals surface area contributed by atoms with E-state index in [9.17, 15) is 4.79 Å². The highest BCUT2D eigenvalue weighted by atomic mass is 35.5. The zero-order valence-electron chi connectivity index (χ0n) is 12.5. The number of aromatic nitrogens is 1. The van der Waals surface area contributed by atoms with Crippen LogP contribution >= 0.6 is 11.6 Å². The van der Waals surface area contributed by atoms with E-state index in [1.165, 1.54) is 0 Å². The van der Waals surface area contributed by atoms with Gasteiger partial charge in [0.25, 0.3) is 0 Å². The number of carbonyl (C=O) groups excluding carboxylic acids is 1. The molecule has 0 bridgehead atoms. The molecule has 116 valence electrons. The van der Waals surface area contributed by atoms with Crippen molar-refractivity contribution in [2.45, 2.75) is 13.5 Å². The van der Waals surface area contributed by atoms with E-state index in [4.69, 9.17) is 16.1 Å². The molecule has 1 heterocycles. The van der Waals surface area contributed by atoms with Crippen molar-refractivity contribution in [1.29, 1.82) is 0 Å². The van der Waals surface area contributed by atoms with E-state index in [-0.39, 0.29) is 5.78 Å². The molecule has 0 unspecified atom stereocenters. The van der Waals surface area contributed by atoms with Crippen LogP contribution < -0.4 is 5.32 Å². The summed E-state index contributed by atoms with van der Waals surface area (Å²) in [6.07, 6.45) is 0. The predicted molar refractivity (Wildman–Crippen MR) is 89.9 cm³/mol. The molecule has 0 radical (unpaired) electrons. The number of aryl methyl sites for hydroxylation is 1. The zero-order valence-corrected chi connectivity index (χ0v) is 13.3. The highest BCUT2D eigenvalue weighted by molar-refractivity contribution is 6.31. The molecule has 0 saturated carbocycles. The number of rotatable bonds is 5. The van der Waals surface area contributed by atoms with Gasteiger partial charge in [-0.2, -0.15) is 0 Å². The zero-order chi connectivity index (χ0) is 16.2. The molecule has 5 heteroatoms. The summed E-state index contributed by atoms with van der Waals surface area (Å²) in [6.45, 7) is 2.30. The molecule has 0 aliphatic rings. The Bertz CT molecular complexity index is 828. The van der Waals surface area contributed by atoms with Gasteiger partial charge in [-0.1, -0.05) is 47.1 Å². The number of ketones is 1. The second-order valence-electron chi connectivity index (χ2n) is 5.17. The average Bonchev–Trinajstić information content (AvgIpc) is 2.99. The first kappa shape index (κ1) is 15.3. The predicted octanol–water partition coefficient (Wildman–Crippen LogP) is 4.48. The van der Waals surface area contributed by atoms with Crippen molar-refractivity contribution in [2.75, 3.05) is 5.32 Å². The molecule has 0 aliphatic carbocycles. The van der Waals surface area contributed by atoms with E-state index in [0.29, 0.717) is 28.4 Å². The number of hydrogen-bond acceptors (Lipinski definition) is 4. The van der Waals surface area contributed by atoms with E-state index in [2.05, 4.69) is 10.5 Å². The van der Waals surface area contributed by atoms with Crippen molar-refractivity contribution >= 4 is 23.1 Å². The van der Waals surface area contributed by atoms with Gasteiger partial charge in [0.1, 0.15) is 11.5 Å². The first-order valence-corrected chi connectivity index (χ1v) is 7.56. The summed E-state index contributed by atoms with van der Waals surface area (Å²) in [7, 11) is 0. The molecule has 3 aromatic rings.